The Labute approximate surface area is 113 Å². The second-order valence-electron chi connectivity index (χ2n) is 5.75. The van der Waals surface area contributed by atoms with E-state index in [1.807, 2.05) is 19.9 Å². The standard InChI is InChI=1S/C14H20N4O/c1-8-5-9(2)16-14(12(8)13(15)17-19)18-7-10-3-4-11(18)6-10/h5,10-11,19H,3-4,6-7H2,1-2H3,(H2,15,17). The summed E-state index contributed by atoms with van der Waals surface area (Å²) in [7, 11) is 0. The molecule has 0 aromatic carbocycles. The maximum atomic E-state index is 9.00. The molecule has 2 bridgehead atoms. The predicted molar refractivity (Wildman–Crippen MR) is 74.7 cm³/mol. The fourth-order valence-electron chi connectivity index (χ4n) is 3.58. The van der Waals surface area contributed by atoms with Gasteiger partial charge in [-0.3, -0.25) is 0 Å². The van der Waals surface area contributed by atoms with Gasteiger partial charge in [-0.15, -0.1) is 0 Å². The Balaban J connectivity index is 2.09. The number of nitrogens with two attached hydrogens (primary N) is 1. The highest BCUT2D eigenvalue weighted by Crippen LogP contribution is 2.41. The maximum absolute atomic E-state index is 9.00. The molecule has 1 aliphatic heterocycles. The second-order valence-corrected chi connectivity index (χ2v) is 5.75. The third-order valence-corrected chi connectivity index (χ3v) is 4.37. The van der Waals surface area contributed by atoms with Crippen molar-refractivity contribution in [2.45, 2.75) is 39.2 Å². The fraction of sp³-hybridized carbons (Fsp3) is 0.571. The van der Waals surface area contributed by atoms with E-state index in [9.17, 15) is 0 Å². The molecular weight excluding hydrogens is 240 g/mol. The van der Waals surface area contributed by atoms with Gasteiger partial charge in [0.25, 0.3) is 0 Å². The van der Waals surface area contributed by atoms with Crippen LogP contribution in [0.2, 0.25) is 0 Å². The van der Waals surface area contributed by atoms with Crippen LogP contribution in [0.3, 0.4) is 0 Å². The molecule has 1 saturated carbocycles. The molecule has 19 heavy (non-hydrogen) atoms. The summed E-state index contributed by atoms with van der Waals surface area (Å²) in [6.07, 6.45) is 3.81. The molecule has 1 aromatic rings. The van der Waals surface area contributed by atoms with E-state index >= 15 is 0 Å². The van der Waals surface area contributed by atoms with E-state index in [2.05, 4.69) is 15.0 Å². The van der Waals surface area contributed by atoms with Crippen molar-refractivity contribution < 1.29 is 5.21 Å². The zero-order valence-corrected chi connectivity index (χ0v) is 11.4. The van der Waals surface area contributed by atoms with Gasteiger partial charge in [-0.05, 0) is 50.7 Å². The molecular formula is C14H20N4O. The van der Waals surface area contributed by atoms with Crippen LogP contribution < -0.4 is 10.6 Å². The number of rotatable bonds is 2. The number of piperidine rings is 1. The topological polar surface area (TPSA) is 74.7 Å². The molecule has 3 N–H and O–H groups in total. The Bertz CT molecular complexity index is 540. The summed E-state index contributed by atoms with van der Waals surface area (Å²) in [6.45, 7) is 5.02. The summed E-state index contributed by atoms with van der Waals surface area (Å²) in [5.41, 5.74) is 8.61. The maximum Gasteiger partial charge on any atom is 0.174 e. The van der Waals surface area contributed by atoms with Crippen molar-refractivity contribution >= 4 is 11.7 Å². The van der Waals surface area contributed by atoms with Gasteiger partial charge in [0.15, 0.2) is 5.84 Å². The van der Waals surface area contributed by atoms with Crippen molar-refractivity contribution in [1.29, 1.82) is 0 Å². The minimum Gasteiger partial charge on any atom is -0.409 e. The Morgan fingerprint density at radius 1 is 1.47 bits per heavy atom. The third-order valence-electron chi connectivity index (χ3n) is 4.37. The van der Waals surface area contributed by atoms with Gasteiger partial charge in [-0.2, -0.15) is 0 Å². The van der Waals surface area contributed by atoms with Gasteiger partial charge in [0.1, 0.15) is 5.82 Å². The first kappa shape index (κ1) is 12.3. The number of oxime groups is 1. The molecule has 1 aromatic heterocycles. The van der Waals surface area contributed by atoms with E-state index < -0.39 is 0 Å². The van der Waals surface area contributed by atoms with Crippen LogP contribution in [0.25, 0.3) is 0 Å². The first-order valence-corrected chi connectivity index (χ1v) is 6.83. The van der Waals surface area contributed by atoms with Crippen LogP contribution in [0.5, 0.6) is 0 Å². The number of hydrogen-bond acceptors (Lipinski definition) is 4. The highest BCUT2D eigenvalue weighted by molar-refractivity contribution is 6.02. The van der Waals surface area contributed by atoms with Gasteiger partial charge in [0, 0.05) is 18.3 Å². The first-order valence-electron chi connectivity index (χ1n) is 6.83. The van der Waals surface area contributed by atoms with Crippen molar-refractivity contribution in [3.05, 3.63) is 22.9 Å². The van der Waals surface area contributed by atoms with Crippen molar-refractivity contribution in [3.63, 3.8) is 0 Å². The largest absolute Gasteiger partial charge is 0.409 e. The number of aryl methyl sites for hydroxylation is 2. The lowest BCUT2D eigenvalue weighted by molar-refractivity contribution is 0.318. The fourth-order valence-corrected chi connectivity index (χ4v) is 3.58. The zero-order chi connectivity index (χ0) is 13.6. The average molecular weight is 260 g/mol. The minimum absolute atomic E-state index is 0.155. The third kappa shape index (κ3) is 1.93. The number of nitrogens with zero attached hydrogens (tertiary/aromatic N) is 3. The van der Waals surface area contributed by atoms with Gasteiger partial charge in [-0.25, -0.2) is 4.98 Å². The van der Waals surface area contributed by atoms with Crippen molar-refractivity contribution in [3.8, 4) is 0 Å². The molecule has 5 heteroatoms. The average Bonchev–Trinajstić information content (AvgIpc) is 2.99. The van der Waals surface area contributed by atoms with Crippen LogP contribution in [0.1, 0.15) is 36.1 Å². The van der Waals surface area contributed by atoms with Gasteiger partial charge < -0.3 is 15.8 Å². The lowest BCUT2D eigenvalue weighted by Crippen LogP contribution is -2.35. The second kappa shape index (κ2) is 4.40. The molecule has 0 spiro atoms. The highest BCUT2D eigenvalue weighted by Gasteiger charge is 2.39. The van der Waals surface area contributed by atoms with E-state index in [1.54, 1.807) is 0 Å². The molecule has 1 saturated heterocycles. The number of hydrogen-bond donors (Lipinski definition) is 2. The highest BCUT2D eigenvalue weighted by atomic mass is 16.4. The van der Waals surface area contributed by atoms with Gasteiger partial charge in [0.2, 0.25) is 0 Å². The molecule has 2 heterocycles. The molecule has 3 rings (SSSR count). The molecule has 5 nitrogen and oxygen atoms in total. The Morgan fingerprint density at radius 3 is 2.84 bits per heavy atom. The predicted octanol–water partition coefficient (Wildman–Crippen LogP) is 1.78. The van der Waals surface area contributed by atoms with Gasteiger partial charge in [0.05, 0.1) is 5.56 Å². The SMILES string of the molecule is Cc1cc(C)c(/C(N)=N/O)c(N2CC3CCC2C3)n1. The smallest absolute Gasteiger partial charge is 0.174 e. The molecule has 2 atom stereocenters. The van der Waals surface area contributed by atoms with Crippen LogP contribution in [-0.2, 0) is 0 Å². The van der Waals surface area contributed by atoms with Gasteiger partial charge >= 0.3 is 0 Å². The Kier molecular flexibility index (Phi) is 2.84. The number of amidine groups is 1. The normalized spacial score (nSPS) is 26.2. The molecule has 2 aliphatic rings. The first-order chi connectivity index (χ1) is 9.10. The van der Waals surface area contributed by atoms with Crippen molar-refractivity contribution in [2.24, 2.45) is 16.8 Å². The van der Waals surface area contributed by atoms with E-state index in [0.717, 1.165) is 35.1 Å². The van der Waals surface area contributed by atoms with Crippen molar-refractivity contribution in [2.75, 3.05) is 11.4 Å². The monoisotopic (exact) mass is 260 g/mol. The van der Waals surface area contributed by atoms with Gasteiger partial charge in [-0.1, -0.05) is 5.16 Å². The van der Waals surface area contributed by atoms with E-state index in [0.29, 0.717) is 6.04 Å². The number of aromatic nitrogens is 1. The van der Waals surface area contributed by atoms with Crippen LogP contribution >= 0.6 is 0 Å². The Morgan fingerprint density at radius 2 is 2.26 bits per heavy atom. The molecule has 102 valence electrons. The molecule has 2 fully saturated rings. The Hall–Kier alpha value is -1.78. The van der Waals surface area contributed by atoms with Crippen LogP contribution in [0.15, 0.2) is 11.2 Å². The summed E-state index contributed by atoms with van der Waals surface area (Å²) < 4.78 is 0. The quantitative estimate of drug-likeness (QED) is 0.368. The number of anilines is 1. The van der Waals surface area contributed by atoms with Crippen LogP contribution in [0.4, 0.5) is 5.82 Å². The number of pyridine rings is 1. The molecule has 1 aliphatic carbocycles. The summed E-state index contributed by atoms with van der Waals surface area (Å²) in [6, 6.07) is 2.55. The zero-order valence-electron chi connectivity index (χ0n) is 11.4. The van der Waals surface area contributed by atoms with Crippen LogP contribution in [0, 0.1) is 19.8 Å². The summed E-state index contributed by atoms with van der Waals surface area (Å²) in [4.78, 5) is 7.01. The summed E-state index contributed by atoms with van der Waals surface area (Å²) in [5.74, 6) is 1.83. The lowest BCUT2D eigenvalue weighted by Gasteiger charge is -2.30. The molecule has 0 radical (unpaired) electrons. The van der Waals surface area contributed by atoms with Crippen LogP contribution in [-0.4, -0.2) is 28.6 Å². The van der Waals surface area contributed by atoms with E-state index in [4.69, 9.17) is 10.9 Å². The van der Waals surface area contributed by atoms with Crippen molar-refractivity contribution in [1.82, 2.24) is 4.98 Å². The molecule has 0 amide bonds. The minimum atomic E-state index is 0.155. The summed E-state index contributed by atoms with van der Waals surface area (Å²) >= 11 is 0. The summed E-state index contributed by atoms with van der Waals surface area (Å²) in [5, 5.41) is 12.2. The van der Waals surface area contributed by atoms with E-state index in [1.165, 1.54) is 19.3 Å². The van der Waals surface area contributed by atoms with E-state index in [-0.39, 0.29) is 5.84 Å². The lowest BCUT2D eigenvalue weighted by atomic mass is 10.1. The molecule has 2 unspecified atom stereocenters. The number of fused-ring (bicyclic) bond motifs is 2.